The second-order valence-corrected chi connectivity index (χ2v) is 8.16. The van der Waals surface area contributed by atoms with E-state index in [0.29, 0.717) is 11.5 Å². The van der Waals surface area contributed by atoms with Crippen LogP contribution >= 0.6 is 11.3 Å². The Morgan fingerprint density at radius 2 is 2.03 bits per heavy atom. The number of piperazine rings is 1. The number of nitrogens with zero attached hydrogens (tertiary/aromatic N) is 5. The molecule has 9 heteroatoms. The minimum atomic E-state index is -0.111. The molecule has 1 aromatic carbocycles. The number of thiazole rings is 1. The largest absolute Gasteiger partial charge is 0.497 e. The van der Waals surface area contributed by atoms with Crippen LogP contribution in [0.1, 0.15) is 29.2 Å². The number of fused-ring (bicyclic) bond motifs is 1. The molecule has 0 radical (unpaired) electrons. The topological polar surface area (TPSA) is 86.4 Å². The van der Waals surface area contributed by atoms with Gasteiger partial charge in [-0.3, -0.25) is 9.80 Å². The number of hydrogen-bond acceptors (Lipinski definition) is 8. The maximum absolute atomic E-state index is 11.0. The van der Waals surface area contributed by atoms with Crippen molar-refractivity contribution in [2.24, 2.45) is 0 Å². The summed E-state index contributed by atoms with van der Waals surface area (Å²) in [5.74, 6) is 1.68. The van der Waals surface area contributed by atoms with Gasteiger partial charge >= 0.3 is 0 Å². The molecule has 2 aromatic heterocycles. The van der Waals surface area contributed by atoms with Crippen LogP contribution in [-0.4, -0.2) is 81.1 Å². The lowest BCUT2D eigenvalue weighted by Crippen LogP contribution is -2.48. The number of aromatic nitrogens is 3. The third kappa shape index (κ3) is 3.95. The van der Waals surface area contributed by atoms with E-state index in [9.17, 15) is 10.2 Å². The fraction of sp³-hybridized carbons (Fsp3) is 0.500. The van der Waals surface area contributed by atoms with Crippen LogP contribution in [0.3, 0.4) is 0 Å². The van der Waals surface area contributed by atoms with Crippen molar-refractivity contribution < 1.29 is 14.9 Å². The van der Waals surface area contributed by atoms with Crippen LogP contribution in [0.15, 0.2) is 24.3 Å². The van der Waals surface area contributed by atoms with Gasteiger partial charge in [-0.25, -0.2) is 4.98 Å². The molecular formula is C20H27N5O3S. The standard InChI is InChI=1S/C20H27N5O3S/c1-3-16-21-20-25(22-16)19(27)18(29-20)17(14-5-4-6-15(13-14)28-2)24-9-7-23(8-10-24)11-12-26/h4-6,13,17,26-27H,3,7-12H2,1-2H3. The van der Waals surface area contributed by atoms with Gasteiger partial charge in [0.2, 0.25) is 10.8 Å². The molecule has 4 rings (SSSR count). The van der Waals surface area contributed by atoms with E-state index in [2.05, 4.69) is 25.9 Å². The Bertz CT molecular complexity index is 964. The molecule has 0 aliphatic carbocycles. The first-order valence-corrected chi connectivity index (χ1v) is 10.7. The molecule has 1 unspecified atom stereocenters. The molecule has 156 valence electrons. The van der Waals surface area contributed by atoms with Crippen LogP contribution in [0.4, 0.5) is 0 Å². The first kappa shape index (κ1) is 20.1. The molecule has 2 N–H and O–H groups in total. The lowest BCUT2D eigenvalue weighted by molar-refractivity contribution is 0.0945. The molecule has 1 aliphatic heterocycles. The molecule has 0 spiro atoms. The molecule has 29 heavy (non-hydrogen) atoms. The van der Waals surface area contributed by atoms with Gasteiger partial charge in [0.1, 0.15) is 5.75 Å². The van der Waals surface area contributed by atoms with Gasteiger partial charge in [0, 0.05) is 39.1 Å². The highest BCUT2D eigenvalue weighted by Crippen LogP contribution is 2.40. The number of benzene rings is 1. The lowest BCUT2D eigenvalue weighted by Gasteiger charge is -2.39. The summed E-state index contributed by atoms with van der Waals surface area (Å²) in [5, 5.41) is 24.6. The van der Waals surface area contributed by atoms with Gasteiger partial charge in [-0.15, -0.1) is 5.10 Å². The molecule has 0 bridgehead atoms. The van der Waals surface area contributed by atoms with Crippen molar-refractivity contribution in [2.75, 3.05) is 46.4 Å². The number of methoxy groups -OCH3 is 1. The molecule has 1 fully saturated rings. The Balaban J connectivity index is 1.72. The van der Waals surface area contributed by atoms with Crippen LogP contribution in [0, 0.1) is 0 Å². The molecular weight excluding hydrogens is 390 g/mol. The molecule has 1 aliphatic rings. The van der Waals surface area contributed by atoms with E-state index in [4.69, 9.17) is 4.74 Å². The number of aliphatic hydroxyl groups is 1. The third-order valence-electron chi connectivity index (χ3n) is 5.41. The minimum Gasteiger partial charge on any atom is -0.497 e. The number of β-amino-alcohol motifs (C(OH)–C–C–N with tert-alkyl or cyclic N) is 1. The third-order valence-corrected chi connectivity index (χ3v) is 6.48. The van der Waals surface area contributed by atoms with Crippen molar-refractivity contribution in [3.05, 3.63) is 40.5 Å². The SMILES string of the molecule is CCc1nc2sc(C(c3cccc(OC)c3)N3CCN(CCO)CC3)c(O)n2n1. The van der Waals surface area contributed by atoms with E-state index in [-0.39, 0.29) is 18.5 Å². The zero-order chi connectivity index (χ0) is 20.4. The zero-order valence-corrected chi connectivity index (χ0v) is 17.6. The molecule has 1 saturated heterocycles. The van der Waals surface area contributed by atoms with Gasteiger partial charge in [-0.1, -0.05) is 30.4 Å². The maximum Gasteiger partial charge on any atom is 0.230 e. The fourth-order valence-corrected chi connectivity index (χ4v) is 4.98. The Kier molecular flexibility index (Phi) is 6.00. The van der Waals surface area contributed by atoms with E-state index in [1.165, 1.54) is 11.3 Å². The molecule has 3 heterocycles. The Hall–Kier alpha value is -2.20. The van der Waals surface area contributed by atoms with E-state index in [1.807, 2.05) is 25.1 Å². The quantitative estimate of drug-likeness (QED) is 0.606. The van der Waals surface area contributed by atoms with Gasteiger partial charge in [-0.05, 0) is 17.7 Å². The van der Waals surface area contributed by atoms with Gasteiger partial charge in [0.15, 0.2) is 5.82 Å². The van der Waals surface area contributed by atoms with Crippen molar-refractivity contribution >= 4 is 16.3 Å². The summed E-state index contributed by atoms with van der Waals surface area (Å²) >= 11 is 1.48. The van der Waals surface area contributed by atoms with Crippen molar-refractivity contribution in [2.45, 2.75) is 19.4 Å². The second kappa shape index (κ2) is 8.66. The summed E-state index contributed by atoms with van der Waals surface area (Å²) < 4.78 is 6.99. The highest BCUT2D eigenvalue weighted by atomic mass is 32.1. The van der Waals surface area contributed by atoms with Crippen molar-refractivity contribution in [3.8, 4) is 11.6 Å². The average molecular weight is 418 g/mol. The summed E-state index contributed by atoms with van der Waals surface area (Å²) in [6.45, 7) is 6.31. The normalized spacial score (nSPS) is 17.1. The Labute approximate surface area is 174 Å². The molecule has 3 aromatic rings. The van der Waals surface area contributed by atoms with Gasteiger partial charge < -0.3 is 14.9 Å². The molecule has 0 amide bonds. The highest BCUT2D eigenvalue weighted by Gasteiger charge is 2.31. The van der Waals surface area contributed by atoms with Crippen LogP contribution in [-0.2, 0) is 6.42 Å². The number of aryl methyl sites for hydroxylation is 1. The van der Waals surface area contributed by atoms with Gasteiger partial charge in [0.25, 0.3) is 0 Å². The van der Waals surface area contributed by atoms with E-state index < -0.39 is 0 Å². The predicted molar refractivity (Wildman–Crippen MR) is 112 cm³/mol. The fourth-order valence-electron chi connectivity index (χ4n) is 3.84. The molecule has 0 saturated carbocycles. The number of aromatic hydroxyl groups is 1. The van der Waals surface area contributed by atoms with Crippen molar-refractivity contribution in [1.82, 2.24) is 24.4 Å². The Morgan fingerprint density at radius 1 is 1.24 bits per heavy atom. The van der Waals surface area contributed by atoms with Crippen LogP contribution < -0.4 is 4.74 Å². The van der Waals surface area contributed by atoms with E-state index >= 15 is 0 Å². The first-order valence-electron chi connectivity index (χ1n) is 9.93. The summed E-state index contributed by atoms with van der Waals surface area (Å²) in [6.07, 6.45) is 0.731. The van der Waals surface area contributed by atoms with Crippen LogP contribution in [0.5, 0.6) is 11.6 Å². The maximum atomic E-state index is 11.0. The summed E-state index contributed by atoms with van der Waals surface area (Å²) in [7, 11) is 1.66. The molecule has 8 nitrogen and oxygen atoms in total. The second-order valence-electron chi connectivity index (χ2n) is 7.15. The van der Waals surface area contributed by atoms with E-state index in [1.54, 1.807) is 11.6 Å². The highest BCUT2D eigenvalue weighted by molar-refractivity contribution is 7.17. The number of aliphatic hydroxyl groups excluding tert-OH is 1. The number of rotatable bonds is 7. The van der Waals surface area contributed by atoms with Crippen LogP contribution in [0.2, 0.25) is 0 Å². The van der Waals surface area contributed by atoms with Crippen molar-refractivity contribution in [3.63, 3.8) is 0 Å². The number of ether oxygens (including phenoxy) is 1. The average Bonchev–Trinajstić information content (AvgIpc) is 3.29. The minimum absolute atomic E-state index is 0.111. The van der Waals surface area contributed by atoms with Crippen LogP contribution in [0.25, 0.3) is 4.96 Å². The summed E-state index contributed by atoms with van der Waals surface area (Å²) in [4.78, 5) is 10.7. The first-order chi connectivity index (χ1) is 14.1. The Morgan fingerprint density at radius 3 is 2.69 bits per heavy atom. The van der Waals surface area contributed by atoms with Crippen molar-refractivity contribution in [1.29, 1.82) is 0 Å². The smallest absolute Gasteiger partial charge is 0.230 e. The monoisotopic (exact) mass is 417 g/mol. The molecule has 1 atom stereocenters. The van der Waals surface area contributed by atoms with Gasteiger partial charge in [0.05, 0.1) is 24.6 Å². The summed E-state index contributed by atoms with van der Waals surface area (Å²) in [6, 6.07) is 7.89. The van der Waals surface area contributed by atoms with E-state index in [0.717, 1.165) is 54.6 Å². The lowest BCUT2D eigenvalue weighted by atomic mass is 10.0. The summed E-state index contributed by atoms with van der Waals surface area (Å²) in [5.41, 5.74) is 1.07. The number of hydrogen-bond donors (Lipinski definition) is 2. The predicted octanol–water partition coefficient (Wildman–Crippen LogP) is 1.77. The van der Waals surface area contributed by atoms with Gasteiger partial charge in [-0.2, -0.15) is 4.52 Å². The zero-order valence-electron chi connectivity index (χ0n) is 16.8.